The second-order valence-electron chi connectivity index (χ2n) is 6.10. The van der Waals surface area contributed by atoms with Crippen LogP contribution < -0.4 is 14.4 Å². The summed E-state index contributed by atoms with van der Waals surface area (Å²) in [6, 6.07) is 15.2. The molecule has 0 radical (unpaired) electrons. The predicted octanol–water partition coefficient (Wildman–Crippen LogP) is 5.03. The Kier molecular flexibility index (Phi) is 6.76. The Morgan fingerprint density at radius 3 is 2.04 bits per heavy atom. The summed E-state index contributed by atoms with van der Waals surface area (Å²) in [5.74, 6) is 2.06. The van der Waals surface area contributed by atoms with Crippen molar-refractivity contribution >= 4 is 34.2 Å². The van der Waals surface area contributed by atoms with Gasteiger partial charge in [0.25, 0.3) is 0 Å². The van der Waals surface area contributed by atoms with Crippen molar-refractivity contribution in [3.8, 4) is 11.5 Å². The molecule has 1 amide bonds. The average Bonchev–Trinajstić information content (AvgIpc) is 3.06. The number of carbonyl (C=O) groups is 1. The molecule has 1 aliphatic heterocycles. The highest BCUT2D eigenvalue weighted by atomic mass is 32.2. The number of nitrogens with zero attached hydrogens (tertiary/aromatic N) is 2. The van der Waals surface area contributed by atoms with E-state index < -0.39 is 0 Å². The number of thioether (sulfide) groups is 1. The zero-order valence-corrected chi connectivity index (χ0v) is 16.5. The van der Waals surface area contributed by atoms with Crippen LogP contribution in [0.2, 0.25) is 0 Å². The van der Waals surface area contributed by atoms with Crippen molar-refractivity contribution in [3.05, 3.63) is 48.5 Å². The highest BCUT2D eigenvalue weighted by Crippen LogP contribution is 2.30. The minimum atomic E-state index is 0.0314. The summed E-state index contributed by atoms with van der Waals surface area (Å²) in [4.78, 5) is 18.7. The topological polar surface area (TPSA) is 51.1 Å². The second kappa shape index (κ2) is 9.46. The van der Waals surface area contributed by atoms with Gasteiger partial charge in [-0.15, -0.1) is 0 Å². The van der Waals surface area contributed by atoms with Crippen LogP contribution in [0.3, 0.4) is 0 Å². The lowest BCUT2D eigenvalue weighted by Gasteiger charge is -2.16. The van der Waals surface area contributed by atoms with Gasteiger partial charge in [0.2, 0.25) is 5.91 Å². The zero-order valence-electron chi connectivity index (χ0n) is 15.7. The van der Waals surface area contributed by atoms with Crippen LogP contribution >= 0.6 is 11.8 Å². The lowest BCUT2D eigenvalue weighted by Crippen LogP contribution is -2.29. The van der Waals surface area contributed by atoms with Crippen LogP contribution in [-0.2, 0) is 4.79 Å². The van der Waals surface area contributed by atoms with E-state index in [1.807, 2.05) is 48.5 Å². The monoisotopic (exact) mass is 384 g/mol. The molecule has 0 aliphatic carbocycles. The molecule has 27 heavy (non-hydrogen) atoms. The molecular formula is C21H24N2O3S. The van der Waals surface area contributed by atoms with Crippen LogP contribution in [-0.4, -0.2) is 30.0 Å². The fourth-order valence-electron chi connectivity index (χ4n) is 2.56. The van der Waals surface area contributed by atoms with Crippen molar-refractivity contribution in [1.82, 2.24) is 0 Å². The van der Waals surface area contributed by atoms with E-state index in [9.17, 15) is 4.79 Å². The van der Waals surface area contributed by atoms with Gasteiger partial charge in [-0.1, -0.05) is 25.6 Å². The van der Waals surface area contributed by atoms with Gasteiger partial charge in [-0.2, -0.15) is 0 Å². The fourth-order valence-corrected chi connectivity index (χ4v) is 3.45. The second-order valence-corrected chi connectivity index (χ2v) is 7.04. The van der Waals surface area contributed by atoms with Gasteiger partial charge in [-0.05, 0) is 61.4 Å². The first-order valence-corrected chi connectivity index (χ1v) is 10.2. The summed E-state index contributed by atoms with van der Waals surface area (Å²) in [7, 11) is 0. The zero-order chi connectivity index (χ0) is 19.1. The van der Waals surface area contributed by atoms with Gasteiger partial charge >= 0.3 is 0 Å². The van der Waals surface area contributed by atoms with Crippen LogP contribution in [0.1, 0.15) is 26.7 Å². The summed E-state index contributed by atoms with van der Waals surface area (Å²) in [5, 5.41) is 0.685. The maximum atomic E-state index is 12.4. The van der Waals surface area contributed by atoms with Crippen LogP contribution in [0.15, 0.2) is 53.5 Å². The number of hydrogen-bond donors (Lipinski definition) is 0. The van der Waals surface area contributed by atoms with Gasteiger partial charge in [0.15, 0.2) is 5.17 Å². The highest BCUT2D eigenvalue weighted by molar-refractivity contribution is 8.15. The van der Waals surface area contributed by atoms with Gasteiger partial charge in [0.05, 0.1) is 30.3 Å². The highest BCUT2D eigenvalue weighted by Gasteiger charge is 2.29. The van der Waals surface area contributed by atoms with E-state index >= 15 is 0 Å². The van der Waals surface area contributed by atoms with E-state index in [1.54, 1.807) is 4.90 Å². The first kappa shape index (κ1) is 19.3. The lowest BCUT2D eigenvalue weighted by molar-refractivity contribution is -0.115. The maximum Gasteiger partial charge on any atom is 0.243 e. The minimum Gasteiger partial charge on any atom is -0.494 e. The molecule has 2 aromatic rings. The van der Waals surface area contributed by atoms with Gasteiger partial charge < -0.3 is 9.47 Å². The third kappa shape index (κ3) is 5.04. The van der Waals surface area contributed by atoms with Crippen LogP contribution in [0.5, 0.6) is 11.5 Å². The Bertz CT molecular complexity index is 788. The smallest absolute Gasteiger partial charge is 0.243 e. The molecule has 3 rings (SSSR count). The molecule has 0 N–H and O–H groups in total. The summed E-state index contributed by atoms with van der Waals surface area (Å²) in [6.07, 6.45) is 1.93. The molecule has 0 atom stereocenters. The van der Waals surface area contributed by atoms with Crippen LogP contribution in [0.25, 0.3) is 0 Å². The van der Waals surface area contributed by atoms with E-state index in [0.717, 1.165) is 35.7 Å². The van der Waals surface area contributed by atoms with E-state index in [1.165, 1.54) is 11.8 Å². The number of hydrogen-bond acceptors (Lipinski definition) is 5. The number of ether oxygens (including phenoxy) is 2. The molecule has 2 aromatic carbocycles. The summed E-state index contributed by atoms with van der Waals surface area (Å²) >= 11 is 1.45. The Hall–Kier alpha value is -2.47. The Labute approximate surface area is 164 Å². The molecule has 0 saturated carbocycles. The summed E-state index contributed by atoms with van der Waals surface area (Å²) < 4.78 is 11.2. The van der Waals surface area contributed by atoms with Crippen molar-refractivity contribution in [2.24, 2.45) is 4.99 Å². The fraction of sp³-hybridized carbons (Fsp3) is 0.333. The van der Waals surface area contributed by atoms with Gasteiger partial charge in [0, 0.05) is 0 Å². The number of carbonyl (C=O) groups excluding carboxylic acids is 1. The molecule has 1 saturated heterocycles. The average molecular weight is 385 g/mol. The number of rotatable bonds is 8. The Balaban J connectivity index is 1.76. The lowest BCUT2D eigenvalue weighted by atomic mass is 10.2. The quantitative estimate of drug-likeness (QED) is 0.640. The normalized spacial score (nSPS) is 15.4. The molecular weight excluding hydrogens is 360 g/mol. The SMILES string of the molecule is CCCOc1ccc(N=C2SCC(=O)N2c2ccc(OCCC)cc2)cc1. The molecule has 0 bridgehead atoms. The molecule has 5 nitrogen and oxygen atoms in total. The molecule has 1 fully saturated rings. The number of amidine groups is 1. The largest absolute Gasteiger partial charge is 0.494 e. The maximum absolute atomic E-state index is 12.4. The number of benzene rings is 2. The number of amides is 1. The minimum absolute atomic E-state index is 0.0314. The van der Waals surface area contributed by atoms with Crippen molar-refractivity contribution in [1.29, 1.82) is 0 Å². The van der Waals surface area contributed by atoms with E-state index in [-0.39, 0.29) is 5.91 Å². The Morgan fingerprint density at radius 1 is 0.926 bits per heavy atom. The molecule has 0 aromatic heterocycles. The van der Waals surface area contributed by atoms with Crippen molar-refractivity contribution in [2.45, 2.75) is 26.7 Å². The molecule has 142 valence electrons. The van der Waals surface area contributed by atoms with Crippen LogP contribution in [0.4, 0.5) is 11.4 Å². The summed E-state index contributed by atoms with van der Waals surface area (Å²) in [6.45, 7) is 5.53. The van der Waals surface area contributed by atoms with Crippen molar-refractivity contribution in [3.63, 3.8) is 0 Å². The third-order valence-corrected chi connectivity index (χ3v) is 4.79. The summed E-state index contributed by atoms with van der Waals surface area (Å²) in [5.41, 5.74) is 1.60. The number of aliphatic imine (C=N–C) groups is 1. The van der Waals surface area contributed by atoms with Gasteiger partial charge in [-0.3, -0.25) is 9.69 Å². The van der Waals surface area contributed by atoms with Gasteiger partial charge in [-0.25, -0.2) is 4.99 Å². The first-order chi connectivity index (χ1) is 13.2. The predicted molar refractivity (Wildman–Crippen MR) is 111 cm³/mol. The molecule has 1 heterocycles. The Morgan fingerprint density at radius 2 is 1.48 bits per heavy atom. The standard InChI is InChI=1S/C21H24N2O3S/c1-3-13-25-18-9-5-16(6-10-18)22-21-23(20(24)15-27-21)17-7-11-19(12-8-17)26-14-4-2/h5-12H,3-4,13-15H2,1-2H3. The molecule has 1 aliphatic rings. The van der Waals surface area contributed by atoms with E-state index in [2.05, 4.69) is 18.8 Å². The molecule has 0 unspecified atom stereocenters. The van der Waals surface area contributed by atoms with E-state index in [0.29, 0.717) is 24.1 Å². The molecule has 0 spiro atoms. The molecule has 6 heteroatoms. The van der Waals surface area contributed by atoms with Gasteiger partial charge in [0.1, 0.15) is 11.5 Å². The van der Waals surface area contributed by atoms with Crippen molar-refractivity contribution in [2.75, 3.05) is 23.9 Å². The third-order valence-electron chi connectivity index (χ3n) is 3.87. The first-order valence-electron chi connectivity index (χ1n) is 9.21. The van der Waals surface area contributed by atoms with Crippen molar-refractivity contribution < 1.29 is 14.3 Å². The van der Waals surface area contributed by atoms with E-state index in [4.69, 9.17) is 9.47 Å². The van der Waals surface area contributed by atoms with Crippen LogP contribution in [0, 0.1) is 0 Å². The number of anilines is 1.